The maximum absolute atomic E-state index is 12.0. The number of ether oxygens (including phenoxy) is 1. The number of carbonyl (C=O) groups is 3. The summed E-state index contributed by atoms with van der Waals surface area (Å²) in [5, 5.41) is 11.5. The van der Waals surface area contributed by atoms with E-state index in [0.717, 1.165) is 0 Å². The highest BCUT2D eigenvalue weighted by molar-refractivity contribution is 6.33. The van der Waals surface area contributed by atoms with E-state index < -0.39 is 24.5 Å². The molecule has 3 aromatic rings. The van der Waals surface area contributed by atoms with Gasteiger partial charge in [0.25, 0.3) is 5.91 Å². The van der Waals surface area contributed by atoms with Crippen LogP contribution in [0.4, 0.5) is 5.69 Å². The first-order valence-corrected chi connectivity index (χ1v) is 7.65. The quantitative estimate of drug-likeness (QED) is 0.659. The van der Waals surface area contributed by atoms with Gasteiger partial charge in [-0.1, -0.05) is 11.6 Å². The Bertz CT molecular complexity index is 1010. The van der Waals surface area contributed by atoms with Gasteiger partial charge in [-0.2, -0.15) is 0 Å². The van der Waals surface area contributed by atoms with Crippen molar-refractivity contribution in [1.82, 2.24) is 4.98 Å². The van der Waals surface area contributed by atoms with Crippen molar-refractivity contribution in [3.8, 4) is 0 Å². The number of rotatable bonds is 5. The number of carbonyl (C=O) groups excluding carboxylic acids is 2. The molecule has 2 N–H and O–H groups in total. The Morgan fingerprint density at radius 2 is 1.92 bits per heavy atom. The second-order valence-corrected chi connectivity index (χ2v) is 5.57. The van der Waals surface area contributed by atoms with Gasteiger partial charge in [0.2, 0.25) is 0 Å². The van der Waals surface area contributed by atoms with Gasteiger partial charge in [0.15, 0.2) is 18.6 Å². The number of nitrogens with zero attached hydrogens (tertiary/aromatic N) is 1. The van der Waals surface area contributed by atoms with Crippen molar-refractivity contribution in [2.45, 2.75) is 0 Å². The number of aromatic carboxylic acids is 1. The second-order valence-electron chi connectivity index (χ2n) is 5.16. The maximum atomic E-state index is 12.0. The first-order chi connectivity index (χ1) is 12.4. The molecule has 0 bridgehead atoms. The third kappa shape index (κ3) is 3.81. The van der Waals surface area contributed by atoms with E-state index in [-0.39, 0.29) is 21.8 Å². The van der Waals surface area contributed by atoms with Crippen LogP contribution in [0.5, 0.6) is 0 Å². The molecule has 0 unspecified atom stereocenters. The number of hydrogen-bond donors (Lipinski definition) is 2. The Hall–Kier alpha value is -3.39. The molecule has 0 saturated carbocycles. The monoisotopic (exact) mass is 374 g/mol. The van der Waals surface area contributed by atoms with Crippen LogP contribution in [0.3, 0.4) is 0 Å². The van der Waals surface area contributed by atoms with Gasteiger partial charge in [-0.15, -0.1) is 0 Å². The van der Waals surface area contributed by atoms with Crippen LogP contribution in [0.1, 0.15) is 20.7 Å². The molecule has 0 spiro atoms. The Morgan fingerprint density at radius 3 is 2.69 bits per heavy atom. The summed E-state index contributed by atoms with van der Waals surface area (Å²) in [5.41, 5.74) is 1.28. The fourth-order valence-electron chi connectivity index (χ4n) is 2.14. The van der Waals surface area contributed by atoms with Crippen molar-refractivity contribution in [2.75, 3.05) is 11.9 Å². The number of halogens is 1. The molecule has 1 heterocycles. The number of anilines is 1. The molecule has 0 saturated heterocycles. The maximum Gasteiger partial charge on any atom is 0.338 e. The van der Waals surface area contributed by atoms with E-state index in [9.17, 15) is 14.4 Å². The van der Waals surface area contributed by atoms with Crippen LogP contribution >= 0.6 is 11.6 Å². The number of esters is 1. The fourth-order valence-corrected chi connectivity index (χ4v) is 2.30. The minimum Gasteiger partial charge on any atom is -0.478 e. The summed E-state index contributed by atoms with van der Waals surface area (Å²) in [4.78, 5) is 38.8. The number of hydrogen-bond acceptors (Lipinski definition) is 6. The molecule has 8 nitrogen and oxygen atoms in total. The number of aromatic nitrogens is 1. The average Bonchev–Trinajstić information content (AvgIpc) is 3.09. The first-order valence-electron chi connectivity index (χ1n) is 7.27. The standard InChI is InChI=1S/C17H11ClN2O6/c18-11-3-1-9(16(22)23)5-13(11)20-15(21)7-25-17(24)10-2-4-12-14(6-10)26-8-19-12/h1-6,8H,7H2,(H,20,21)(H,22,23). The highest BCUT2D eigenvalue weighted by Crippen LogP contribution is 2.23. The Kier molecular flexibility index (Phi) is 4.85. The summed E-state index contributed by atoms with van der Waals surface area (Å²) < 4.78 is 10.0. The molecule has 1 aromatic heterocycles. The van der Waals surface area contributed by atoms with Gasteiger partial charge in [-0.3, -0.25) is 4.79 Å². The number of nitrogens with one attached hydrogen (secondary N) is 1. The summed E-state index contributed by atoms with van der Waals surface area (Å²) >= 11 is 5.92. The van der Waals surface area contributed by atoms with Crippen LogP contribution in [-0.2, 0) is 9.53 Å². The predicted molar refractivity (Wildman–Crippen MR) is 91.3 cm³/mol. The van der Waals surface area contributed by atoms with Crippen molar-refractivity contribution < 1.29 is 28.6 Å². The molecule has 132 valence electrons. The first kappa shape index (κ1) is 17.4. The number of oxazole rings is 1. The molecule has 0 radical (unpaired) electrons. The van der Waals surface area contributed by atoms with Crippen LogP contribution in [0.15, 0.2) is 47.2 Å². The largest absolute Gasteiger partial charge is 0.478 e. The third-order valence-corrected chi connectivity index (χ3v) is 3.72. The molecule has 1 amide bonds. The van der Waals surface area contributed by atoms with Gasteiger partial charge in [0.05, 0.1) is 21.8 Å². The van der Waals surface area contributed by atoms with Crippen LogP contribution in [0, 0.1) is 0 Å². The topological polar surface area (TPSA) is 119 Å². The van der Waals surface area contributed by atoms with Crippen molar-refractivity contribution >= 4 is 46.2 Å². The number of carboxylic acids is 1. The van der Waals surface area contributed by atoms with Crippen molar-refractivity contribution in [2.24, 2.45) is 0 Å². The lowest BCUT2D eigenvalue weighted by Crippen LogP contribution is -2.21. The van der Waals surface area contributed by atoms with Crippen molar-refractivity contribution in [3.05, 3.63) is 58.9 Å². The van der Waals surface area contributed by atoms with Crippen LogP contribution in [0.25, 0.3) is 11.1 Å². The van der Waals surface area contributed by atoms with Gasteiger partial charge < -0.3 is 19.6 Å². The lowest BCUT2D eigenvalue weighted by atomic mass is 10.2. The van der Waals surface area contributed by atoms with E-state index in [0.29, 0.717) is 11.1 Å². The zero-order chi connectivity index (χ0) is 18.7. The Morgan fingerprint density at radius 1 is 1.15 bits per heavy atom. The Balaban J connectivity index is 1.62. The summed E-state index contributed by atoms with van der Waals surface area (Å²) in [6.45, 7) is -0.569. The smallest absolute Gasteiger partial charge is 0.338 e. The normalized spacial score (nSPS) is 10.5. The van der Waals surface area contributed by atoms with Gasteiger partial charge in [-0.05, 0) is 36.4 Å². The van der Waals surface area contributed by atoms with Gasteiger partial charge in [-0.25, -0.2) is 14.6 Å². The lowest BCUT2D eigenvalue weighted by Gasteiger charge is -2.09. The van der Waals surface area contributed by atoms with E-state index in [1.807, 2.05) is 0 Å². The zero-order valence-electron chi connectivity index (χ0n) is 13.1. The van der Waals surface area contributed by atoms with E-state index in [1.165, 1.54) is 36.7 Å². The van der Waals surface area contributed by atoms with Gasteiger partial charge >= 0.3 is 11.9 Å². The minimum atomic E-state index is -1.16. The number of fused-ring (bicyclic) bond motifs is 1. The number of amides is 1. The molecule has 0 atom stereocenters. The van der Waals surface area contributed by atoms with Crippen LogP contribution in [-0.4, -0.2) is 34.5 Å². The van der Waals surface area contributed by atoms with Gasteiger partial charge in [0.1, 0.15) is 5.52 Å². The molecule has 3 rings (SSSR count). The molecule has 0 aliphatic rings. The summed E-state index contributed by atoms with van der Waals surface area (Å²) in [5.74, 6) is -2.54. The molecular weight excluding hydrogens is 364 g/mol. The van der Waals surface area contributed by atoms with E-state index >= 15 is 0 Å². The Labute approximate surface area is 151 Å². The minimum absolute atomic E-state index is 0.0398. The van der Waals surface area contributed by atoms with E-state index in [2.05, 4.69) is 10.3 Å². The molecule has 0 aliphatic carbocycles. The van der Waals surface area contributed by atoms with Crippen molar-refractivity contribution in [3.63, 3.8) is 0 Å². The molecule has 9 heteroatoms. The summed E-state index contributed by atoms with van der Waals surface area (Å²) in [7, 11) is 0. The molecule has 26 heavy (non-hydrogen) atoms. The molecule has 0 fully saturated rings. The van der Waals surface area contributed by atoms with Gasteiger partial charge in [0, 0.05) is 0 Å². The van der Waals surface area contributed by atoms with Crippen LogP contribution in [0.2, 0.25) is 5.02 Å². The fraction of sp³-hybridized carbons (Fsp3) is 0.0588. The number of carboxylic acid groups (broad SMARTS) is 1. The molecule has 0 aliphatic heterocycles. The predicted octanol–water partition coefficient (Wildman–Crippen LogP) is 2.97. The highest BCUT2D eigenvalue weighted by Gasteiger charge is 2.14. The van der Waals surface area contributed by atoms with Crippen molar-refractivity contribution in [1.29, 1.82) is 0 Å². The molecule has 2 aromatic carbocycles. The third-order valence-electron chi connectivity index (χ3n) is 3.39. The lowest BCUT2D eigenvalue weighted by molar-refractivity contribution is -0.119. The van der Waals surface area contributed by atoms with E-state index in [1.54, 1.807) is 6.07 Å². The van der Waals surface area contributed by atoms with E-state index in [4.69, 9.17) is 25.9 Å². The number of benzene rings is 2. The highest BCUT2D eigenvalue weighted by atomic mass is 35.5. The second kappa shape index (κ2) is 7.24. The summed E-state index contributed by atoms with van der Waals surface area (Å²) in [6, 6.07) is 8.40. The molecular formula is C17H11ClN2O6. The van der Waals surface area contributed by atoms with Crippen LogP contribution < -0.4 is 5.32 Å². The summed E-state index contributed by atoms with van der Waals surface area (Å²) in [6.07, 6.45) is 1.25. The zero-order valence-corrected chi connectivity index (χ0v) is 13.8. The SMILES string of the molecule is O=C(COC(=O)c1ccc2ncoc2c1)Nc1cc(C(=O)O)ccc1Cl. The average molecular weight is 375 g/mol.